The largest absolute Gasteiger partial charge is 0.390 e. The zero-order chi connectivity index (χ0) is 9.56. The van der Waals surface area contributed by atoms with E-state index in [1.165, 1.54) is 0 Å². The molecule has 0 saturated heterocycles. The van der Waals surface area contributed by atoms with Crippen molar-refractivity contribution in [3.63, 3.8) is 0 Å². The Morgan fingerprint density at radius 1 is 1.42 bits per heavy atom. The third kappa shape index (κ3) is 5.11. The molecule has 0 rings (SSSR count). The summed E-state index contributed by atoms with van der Waals surface area (Å²) in [7, 11) is 0. The minimum Gasteiger partial charge on any atom is -0.390 e. The van der Waals surface area contributed by atoms with Crippen molar-refractivity contribution in [1.29, 1.82) is 0 Å². The highest BCUT2D eigenvalue weighted by atomic mass is 127. The lowest BCUT2D eigenvalue weighted by molar-refractivity contribution is 0.0407. The Morgan fingerprint density at radius 2 is 2.00 bits per heavy atom. The van der Waals surface area contributed by atoms with Crippen LogP contribution in [0.15, 0.2) is 10.2 Å². The van der Waals surface area contributed by atoms with Crippen LogP contribution in [-0.2, 0) is 0 Å². The van der Waals surface area contributed by atoms with E-state index in [9.17, 15) is 10.2 Å². The van der Waals surface area contributed by atoms with Crippen molar-refractivity contribution in [2.45, 2.75) is 44.8 Å². The van der Waals surface area contributed by atoms with Crippen molar-refractivity contribution in [2.24, 2.45) is 0 Å². The molecule has 0 saturated carbocycles. The zero-order valence-electron chi connectivity index (χ0n) is 7.46. The van der Waals surface area contributed by atoms with Crippen molar-refractivity contribution < 1.29 is 10.2 Å². The molecule has 0 fully saturated rings. The number of halogens is 1. The fourth-order valence-electron chi connectivity index (χ4n) is 0.970. The van der Waals surface area contributed by atoms with Crippen LogP contribution in [0.5, 0.6) is 0 Å². The first-order valence-corrected chi connectivity index (χ1v) is 5.38. The minimum atomic E-state index is -0.762. The van der Waals surface area contributed by atoms with E-state index in [1.54, 1.807) is 0 Å². The SMILES string of the molecule is C=C(I)[C@@H](O)[C@H](O)CCCCC. The van der Waals surface area contributed by atoms with Crippen molar-refractivity contribution in [3.8, 4) is 0 Å². The first-order chi connectivity index (χ1) is 5.59. The summed E-state index contributed by atoms with van der Waals surface area (Å²) in [5.74, 6) is 0. The van der Waals surface area contributed by atoms with Gasteiger partial charge in [-0.05, 0) is 29.0 Å². The fourth-order valence-corrected chi connectivity index (χ4v) is 1.39. The molecule has 0 aromatic rings. The van der Waals surface area contributed by atoms with Crippen molar-refractivity contribution >= 4 is 22.6 Å². The van der Waals surface area contributed by atoms with Gasteiger partial charge in [-0.1, -0.05) is 32.8 Å². The van der Waals surface area contributed by atoms with Crippen LogP contribution >= 0.6 is 22.6 Å². The predicted molar refractivity (Wildman–Crippen MR) is 59.3 cm³/mol. The molecule has 0 aliphatic carbocycles. The predicted octanol–water partition coefficient (Wildman–Crippen LogP) is 2.24. The molecule has 2 atom stereocenters. The van der Waals surface area contributed by atoms with Gasteiger partial charge >= 0.3 is 0 Å². The van der Waals surface area contributed by atoms with Crippen molar-refractivity contribution in [3.05, 3.63) is 10.2 Å². The van der Waals surface area contributed by atoms with Gasteiger partial charge in [0.05, 0.1) is 6.10 Å². The lowest BCUT2D eigenvalue weighted by Gasteiger charge is -2.16. The maximum atomic E-state index is 9.40. The van der Waals surface area contributed by atoms with Gasteiger partial charge in [0.15, 0.2) is 0 Å². The fraction of sp³-hybridized carbons (Fsp3) is 0.778. The van der Waals surface area contributed by atoms with Crippen LogP contribution < -0.4 is 0 Å². The molecule has 0 bridgehead atoms. The quantitative estimate of drug-likeness (QED) is 0.580. The van der Waals surface area contributed by atoms with Crippen molar-refractivity contribution in [1.82, 2.24) is 0 Å². The van der Waals surface area contributed by atoms with Crippen LogP contribution in [0.3, 0.4) is 0 Å². The molecule has 72 valence electrons. The number of hydrogen-bond acceptors (Lipinski definition) is 2. The summed E-state index contributed by atoms with van der Waals surface area (Å²) >= 11 is 1.94. The van der Waals surface area contributed by atoms with E-state index in [-0.39, 0.29) is 0 Å². The Hall–Kier alpha value is 0.390. The summed E-state index contributed by atoms with van der Waals surface area (Å²) in [5, 5.41) is 18.7. The van der Waals surface area contributed by atoms with Gasteiger partial charge in [-0.15, -0.1) is 0 Å². The Labute approximate surface area is 87.8 Å². The smallest absolute Gasteiger partial charge is 0.110 e. The summed E-state index contributed by atoms with van der Waals surface area (Å²) in [6, 6.07) is 0. The summed E-state index contributed by atoms with van der Waals surface area (Å²) in [6.07, 6.45) is 2.48. The standard InChI is InChI=1S/C9H17IO2/c1-3-4-5-6-8(11)9(12)7(2)10/h8-9,11-12H,2-6H2,1H3/t8-,9-/m1/s1. The van der Waals surface area contributed by atoms with E-state index in [1.807, 2.05) is 22.6 Å². The Bertz CT molecular complexity index is 136. The number of aliphatic hydroxyl groups excluding tert-OH is 2. The second-order valence-corrected chi connectivity index (χ2v) is 4.34. The maximum absolute atomic E-state index is 9.40. The molecule has 0 heterocycles. The third-order valence-corrected chi connectivity index (χ3v) is 2.43. The Morgan fingerprint density at radius 3 is 2.42 bits per heavy atom. The summed E-state index contributed by atoms with van der Waals surface area (Å²) in [5.41, 5.74) is 0. The van der Waals surface area contributed by atoms with Crippen LogP contribution in [-0.4, -0.2) is 22.4 Å². The molecule has 0 aromatic heterocycles. The van der Waals surface area contributed by atoms with Crippen LogP contribution in [0, 0.1) is 0 Å². The lowest BCUT2D eigenvalue weighted by Crippen LogP contribution is -2.25. The van der Waals surface area contributed by atoms with Gasteiger partial charge < -0.3 is 10.2 Å². The van der Waals surface area contributed by atoms with Gasteiger partial charge in [0.25, 0.3) is 0 Å². The maximum Gasteiger partial charge on any atom is 0.110 e. The summed E-state index contributed by atoms with van der Waals surface area (Å²) in [6.45, 7) is 5.69. The van der Waals surface area contributed by atoms with E-state index >= 15 is 0 Å². The van der Waals surface area contributed by atoms with Gasteiger partial charge in [-0.3, -0.25) is 0 Å². The van der Waals surface area contributed by atoms with Crippen LogP contribution in [0.2, 0.25) is 0 Å². The molecular weight excluding hydrogens is 267 g/mol. The summed E-state index contributed by atoms with van der Waals surface area (Å²) in [4.78, 5) is 0. The van der Waals surface area contributed by atoms with Crippen LogP contribution in [0.1, 0.15) is 32.6 Å². The number of unbranched alkanes of at least 4 members (excludes halogenated alkanes) is 2. The van der Waals surface area contributed by atoms with Gasteiger partial charge in [0.1, 0.15) is 6.10 Å². The lowest BCUT2D eigenvalue weighted by atomic mass is 10.1. The van der Waals surface area contributed by atoms with Crippen LogP contribution in [0.25, 0.3) is 0 Å². The second kappa shape index (κ2) is 6.86. The summed E-state index contributed by atoms with van der Waals surface area (Å²) < 4.78 is 0.608. The molecule has 0 amide bonds. The Balaban J connectivity index is 3.56. The molecule has 2 N–H and O–H groups in total. The number of rotatable bonds is 6. The highest BCUT2D eigenvalue weighted by Gasteiger charge is 2.16. The van der Waals surface area contributed by atoms with E-state index in [4.69, 9.17) is 0 Å². The zero-order valence-corrected chi connectivity index (χ0v) is 9.62. The first-order valence-electron chi connectivity index (χ1n) is 4.30. The highest BCUT2D eigenvalue weighted by molar-refractivity contribution is 14.1. The molecule has 12 heavy (non-hydrogen) atoms. The van der Waals surface area contributed by atoms with E-state index in [0.717, 1.165) is 19.3 Å². The van der Waals surface area contributed by atoms with E-state index in [0.29, 0.717) is 10.0 Å². The molecule has 0 aliphatic rings. The molecule has 3 heteroatoms. The molecule has 0 spiro atoms. The topological polar surface area (TPSA) is 40.5 Å². The molecular formula is C9H17IO2. The molecule has 0 unspecified atom stereocenters. The minimum absolute atomic E-state index is 0.608. The second-order valence-electron chi connectivity index (χ2n) is 2.95. The number of aliphatic hydroxyl groups is 2. The monoisotopic (exact) mass is 284 g/mol. The van der Waals surface area contributed by atoms with E-state index in [2.05, 4.69) is 13.5 Å². The van der Waals surface area contributed by atoms with Gasteiger partial charge in [0, 0.05) is 3.58 Å². The molecule has 0 aromatic carbocycles. The molecule has 2 nitrogen and oxygen atoms in total. The normalized spacial score (nSPS) is 15.7. The Kier molecular flexibility index (Phi) is 7.08. The van der Waals surface area contributed by atoms with Gasteiger partial charge in [0.2, 0.25) is 0 Å². The van der Waals surface area contributed by atoms with Gasteiger partial charge in [-0.25, -0.2) is 0 Å². The molecule has 0 radical (unpaired) electrons. The van der Waals surface area contributed by atoms with E-state index < -0.39 is 12.2 Å². The van der Waals surface area contributed by atoms with Crippen molar-refractivity contribution in [2.75, 3.05) is 0 Å². The highest BCUT2D eigenvalue weighted by Crippen LogP contribution is 2.16. The first kappa shape index (κ1) is 12.4. The molecule has 0 aliphatic heterocycles. The third-order valence-electron chi connectivity index (χ3n) is 1.79. The van der Waals surface area contributed by atoms with Gasteiger partial charge in [-0.2, -0.15) is 0 Å². The number of hydrogen-bond donors (Lipinski definition) is 2. The van der Waals surface area contributed by atoms with Crippen LogP contribution in [0.4, 0.5) is 0 Å². The average Bonchev–Trinajstić information content (AvgIpc) is 2.03. The average molecular weight is 284 g/mol.